The van der Waals surface area contributed by atoms with Crippen LogP contribution in [0.4, 0.5) is 0 Å². The predicted molar refractivity (Wildman–Crippen MR) is 62.1 cm³/mol. The van der Waals surface area contributed by atoms with Crippen LogP contribution in [-0.2, 0) is 5.54 Å². The van der Waals surface area contributed by atoms with Gasteiger partial charge >= 0.3 is 0 Å². The molecule has 0 heterocycles. The molecular weight excluding hydrogens is 258 g/mol. The van der Waals surface area contributed by atoms with E-state index in [1.165, 1.54) is 7.11 Å². The summed E-state index contributed by atoms with van der Waals surface area (Å²) in [6.45, 7) is 0. The molecule has 0 aromatic heterocycles. The Morgan fingerprint density at radius 2 is 2.13 bits per heavy atom. The van der Waals surface area contributed by atoms with Crippen LogP contribution in [0.5, 0.6) is 11.5 Å². The van der Waals surface area contributed by atoms with E-state index in [-0.39, 0.29) is 11.3 Å². The van der Waals surface area contributed by atoms with Crippen molar-refractivity contribution < 1.29 is 9.84 Å². The van der Waals surface area contributed by atoms with E-state index in [0.717, 1.165) is 29.3 Å². The second kappa shape index (κ2) is 3.68. The molecule has 0 atom stereocenters. The molecule has 82 valence electrons. The van der Waals surface area contributed by atoms with Crippen molar-refractivity contribution in [3.8, 4) is 11.5 Å². The first-order valence-electron chi connectivity index (χ1n) is 4.93. The minimum Gasteiger partial charge on any atom is -0.504 e. The van der Waals surface area contributed by atoms with Gasteiger partial charge in [-0.05, 0) is 37.0 Å². The molecule has 3 N–H and O–H groups in total. The molecular formula is C11H14BrNO2. The number of aromatic hydroxyl groups is 1. The third kappa shape index (κ3) is 1.72. The van der Waals surface area contributed by atoms with Crippen molar-refractivity contribution >= 4 is 15.9 Å². The van der Waals surface area contributed by atoms with Crippen LogP contribution < -0.4 is 10.5 Å². The van der Waals surface area contributed by atoms with E-state index in [4.69, 9.17) is 10.5 Å². The van der Waals surface area contributed by atoms with Crippen LogP contribution in [0, 0.1) is 0 Å². The van der Waals surface area contributed by atoms with Gasteiger partial charge in [0.2, 0.25) is 0 Å². The summed E-state index contributed by atoms with van der Waals surface area (Å²) < 4.78 is 5.93. The molecule has 1 fully saturated rings. The number of phenolic OH excluding ortho intramolecular Hbond substituents is 1. The topological polar surface area (TPSA) is 55.5 Å². The Bertz CT molecular complexity index is 388. The first-order valence-corrected chi connectivity index (χ1v) is 5.72. The molecule has 0 spiro atoms. The van der Waals surface area contributed by atoms with E-state index in [2.05, 4.69) is 15.9 Å². The van der Waals surface area contributed by atoms with Crippen LogP contribution in [0.25, 0.3) is 0 Å². The second-order valence-corrected chi connectivity index (χ2v) is 4.87. The van der Waals surface area contributed by atoms with Crippen LogP contribution in [-0.4, -0.2) is 12.2 Å². The Hall–Kier alpha value is -0.740. The van der Waals surface area contributed by atoms with Crippen LogP contribution in [0.2, 0.25) is 0 Å². The maximum atomic E-state index is 9.70. The van der Waals surface area contributed by atoms with E-state index in [9.17, 15) is 5.11 Å². The molecule has 1 aromatic rings. The quantitative estimate of drug-likeness (QED) is 0.869. The summed E-state index contributed by atoms with van der Waals surface area (Å²) in [6.07, 6.45) is 3.09. The first kappa shape index (κ1) is 10.8. The average molecular weight is 272 g/mol. The van der Waals surface area contributed by atoms with Crippen molar-refractivity contribution in [1.29, 1.82) is 0 Å². The third-order valence-corrected chi connectivity index (χ3v) is 3.71. The normalized spacial score (nSPS) is 18.3. The third-order valence-electron chi connectivity index (χ3n) is 3.05. The molecule has 3 nitrogen and oxygen atoms in total. The Balaban J connectivity index is 2.45. The van der Waals surface area contributed by atoms with Gasteiger partial charge < -0.3 is 15.6 Å². The van der Waals surface area contributed by atoms with Gasteiger partial charge in [-0.1, -0.05) is 15.9 Å². The Kier molecular flexibility index (Phi) is 2.64. The van der Waals surface area contributed by atoms with Gasteiger partial charge in [-0.3, -0.25) is 0 Å². The van der Waals surface area contributed by atoms with E-state index in [0.29, 0.717) is 5.75 Å². The fourth-order valence-corrected chi connectivity index (χ4v) is 2.63. The van der Waals surface area contributed by atoms with Crippen molar-refractivity contribution in [3.63, 3.8) is 0 Å². The van der Waals surface area contributed by atoms with Gasteiger partial charge in [-0.25, -0.2) is 0 Å². The number of methoxy groups -OCH3 is 1. The van der Waals surface area contributed by atoms with Gasteiger partial charge in [0, 0.05) is 10.0 Å². The number of benzene rings is 1. The highest BCUT2D eigenvalue weighted by Crippen LogP contribution is 2.45. The summed E-state index contributed by atoms with van der Waals surface area (Å²) in [5.41, 5.74) is 6.89. The molecule has 15 heavy (non-hydrogen) atoms. The van der Waals surface area contributed by atoms with Crippen LogP contribution in [0.3, 0.4) is 0 Å². The monoisotopic (exact) mass is 271 g/mol. The number of nitrogens with two attached hydrogens (primary N) is 1. The SMILES string of the molecule is COc1cc(Br)c(C2(N)CCC2)cc1O. The summed E-state index contributed by atoms with van der Waals surface area (Å²) in [6, 6.07) is 3.46. The fraction of sp³-hybridized carbons (Fsp3) is 0.455. The average Bonchev–Trinajstić information content (AvgIpc) is 2.17. The van der Waals surface area contributed by atoms with Crippen molar-refractivity contribution in [1.82, 2.24) is 0 Å². The minimum atomic E-state index is -0.275. The molecule has 1 aliphatic rings. The number of rotatable bonds is 2. The van der Waals surface area contributed by atoms with Crippen molar-refractivity contribution in [3.05, 3.63) is 22.2 Å². The summed E-state index contributed by atoms with van der Waals surface area (Å²) >= 11 is 3.46. The van der Waals surface area contributed by atoms with E-state index >= 15 is 0 Å². The molecule has 1 aliphatic carbocycles. The molecule has 0 aliphatic heterocycles. The zero-order valence-corrected chi connectivity index (χ0v) is 10.2. The van der Waals surface area contributed by atoms with Gasteiger partial charge in [-0.2, -0.15) is 0 Å². The molecule has 1 saturated carbocycles. The molecule has 4 heteroatoms. The lowest BCUT2D eigenvalue weighted by Crippen LogP contribution is -2.43. The number of hydrogen-bond donors (Lipinski definition) is 2. The molecule has 0 saturated heterocycles. The lowest BCUT2D eigenvalue weighted by Gasteiger charge is -2.39. The fourth-order valence-electron chi connectivity index (χ4n) is 1.92. The van der Waals surface area contributed by atoms with Crippen LogP contribution in [0.1, 0.15) is 24.8 Å². The first-order chi connectivity index (χ1) is 7.07. The highest BCUT2D eigenvalue weighted by Gasteiger charge is 2.36. The summed E-state index contributed by atoms with van der Waals surface area (Å²) in [5.74, 6) is 0.612. The maximum absolute atomic E-state index is 9.70. The van der Waals surface area contributed by atoms with Gasteiger partial charge in [0.1, 0.15) is 0 Å². The van der Waals surface area contributed by atoms with Gasteiger partial charge in [0.25, 0.3) is 0 Å². The Morgan fingerprint density at radius 3 is 2.60 bits per heavy atom. The van der Waals surface area contributed by atoms with Crippen molar-refractivity contribution in [2.75, 3.05) is 7.11 Å². The Labute approximate surface area is 97.4 Å². The lowest BCUT2D eigenvalue weighted by atomic mass is 9.73. The standard InChI is InChI=1S/C11H14BrNO2/c1-15-10-6-8(12)7(5-9(10)14)11(13)3-2-4-11/h5-6,14H,2-4,13H2,1H3. The number of halogens is 1. The molecule has 0 bridgehead atoms. The largest absolute Gasteiger partial charge is 0.504 e. The van der Waals surface area contributed by atoms with Gasteiger partial charge in [0.05, 0.1) is 7.11 Å². The van der Waals surface area contributed by atoms with E-state index in [1.54, 1.807) is 12.1 Å². The Morgan fingerprint density at radius 1 is 1.47 bits per heavy atom. The van der Waals surface area contributed by atoms with E-state index in [1.807, 2.05) is 0 Å². The summed E-state index contributed by atoms with van der Waals surface area (Å²) in [5, 5.41) is 9.70. The van der Waals surface area contributed by atoms with Crippen molar-refractivity contribution in [2.24, 2.45) is 5.73 Å². The molecule has 0 unspecified atom stereocenters. The second-order valence-electron chi connectivity index (χ2n) is 4.01. The van der Waals surface area contributed by atoms with Crippen LogP contribution >= 0.6 is 15.9 Å². The molecule has 0 radical (unpaired) electrons. The minimum absolute atomic E-state index is 0.146. The molecule has 2 rings (SSSR count). The highest BCUT2D eigenvalue weighted by atomic mass is 79.9. The van der Waals surface area contributed by atoms with E-state index < -0.39 is 0 Å². The number of phenols is 1. The number of hydrogen-bond acceptors (Lipinski definition) is 3. The van der Waals surface area contributed by atoms with Gasteiger partial charge in [-0.15, -0.1) is 0 Å². The zero-order valence-electron chi connectivity index (χ0n) is 8.59. The lowest BCUT2D eigenvalue weighted by molar-refractivity contribution is 0.251. The smallest absolute Gasteiger partial charge is 0.161 e. The summed E-state index contributed by atoms with van der Waals surface area (Å²) in [4.78, 5) is 0. The molecule has 1 aromatic carbocycles. The predicted octanol–water partition coefficient (Wildman–Crippen LogP) is 2.50. The van der Waals surface area contributed by atoms with Crippen LogP contribution in [0.15, 0.2) is 16.6 Å². The maximum Gasteiger partial charge on any atom is 0.161 e. The van der Waals surface area contributed by atoms with Gasteiger partial charge in [0.15, 0.2) is 11.5 Å². The highest BCUT2D eigenvalue weighted by molar-refractivity contribution is 9.10. The zero-order chi connectivity index (χ0) is 11.1. The molecule has 0 amide bonds. The number of ether oxygens (including phenoxy) is 1. The summed E-state index contributed by atoms with van der Waals surface area (Å²) in [7, 11) is 1.53. The van der Waals surface area contributed by atoms with Crippen molar-refractivity contribution in [2.45, 2.75) is 24.8 Å².